The number of rotatable bonds is 7. The lowest BCUT2D eigenvalue weighted by Gasteiger charge is -2.08. The van der Waals surface area contributed by atoms with E-state index in [1.807, 2.05) is 13.0 Å². The predicted molar refractivity (Wildman–Crippen MR) is 101 cm³/mol. The van der Waals surface area contributed by atoms with E-state index in [1.54, 1.807) is 24.2 Å². The van der Waals surface area contributed by atoms with Gasteiger partial charge in [0.2, 0.25) is 0 Å². The molecule has 132 valence electrons. The second-order valence-electron chi connectivity index (χ2n) is 5.99. The van der Waals surface area contributed by atoms with Crippen LogP contribution in [-0.2, 0) is 12.3 Å². The highest BCUT2D eigenvalue weighted by Gasteiger charge is 2.11. The predicted octanol–water partition coefficient (Wildman–Crippen LogP) is 4.83. The quantitative estimate of drug-likeness (QED) is 0.335. The first kappa shape index (κ1) is 18.0. The summed E-state index contributed by atoms with van der Waals surface area (Å²) in [5, 5.41) is 10.6. The lowest BCUT2D eigenvalue weighted by atomic mass is 10.1. The van der Waals surface area contributed by atoms with Crippen molar-refractivity contribution in [1.82, 2.24) is 14.8 Å². The van der Waals surface area contributed by atoms with E-state index in [4.69, 9.17) is 16.0 Å². The van der Waals surface area contributed by atoms with Crippen molar-refractivity contribution < 1.29 is 4.42 Å². The monoisotopic (exact) mass is 377 g/mol. The maximum Gasteiger partial charge on any atom is 0.336 e. The number of aryl methyl sites for hydroxylation is 2. The van der Waals surface area contributed by atoms with Crippen LogP contribution in [0.15, 0.2) is 38.9 Å². The second-order valence-corrected chi connectivity index (χ2v) is 7.34. The van der Waals surface area contributed by atoms with Gasteiger partial charge in [-0.2, -0.15) is 0 Å². The Hall–Kier alpha value is -1.79. The molecule has 2 heterocycles. The van der Waals surface area contributed by atoms with Crippen LogP contribution in [0.2, 0.25) is 5.02 Å². The van der Waals surface area contributed by atoms with Gasteiger partial charge >= 0.3 is 5.63 Å². The molecule has 0 aliphatic heterocycles. The molecule has 1 aromatic carbocycles. The zero-order chi connectivity index (χ0) is 17.8. The first-order chi connectivity index (χ1) is 12.1. The number of benzene rings is 1. The maximum atomic E-state index is 11.9. The van der Waals surface area contributed by atoms with Crippen LogP contribution in [0.3, 0.4) is 0 Å². The molecule has 0 aliphatic rings. The van der Waals surface area contributed by atoms with Gasteiger partial charge < -0.3 is 8.98 Å². The lowest BCUT2D eigenvalue weighted by Crippen LogP contribution is -2.02. The number of hydrogen-bond donors (Lipinski definition) is 0. The summed E-state index contributed by atoms with van der Waals surface area (Å²) in [4.78, 5) is 11.9. The minimum atomic E-state index is -0.353. The molecule has 0 fully saturated rings. The normalized spacial score (nSPS) is 11.3. The Morgan fingerprint density at radius 1 is 1.28 bits per heavy atom. The van der Waals surface area contributed by atoms with E-state index in [9.17, 15) is 4.79 Å². The minimum absolute atomic E-state index is 0.353. The zero-order valence-electron chi connectivity index (χ0n) is 14.3. The van der Waals surface area contributed by atoms with Gasteiger partial charge in [0.25, 0.3) is 0 Å². The van der Waals surface area contributed by atoms with Crippen LogP contribution >= 0.6 is 23.4 Å². The third-order valence-electron chi connectivity index (χ3n) is 4.05. The van der Waals surface area contributed by atoms with Crippen molar-refractivity contribution in [2.24, 2.45) is 0 Å². The average molecular weight is 378 g/mol. The zero-order valence-corrected chi connectivity index (χ0v) is 15.9. The largest absolute Gasteiger partial charge is 0.423 e. The standard InChI is InChI=1S/C18H20ClN3O2S/c1-3-4-5-6-22-11-20-21-18(22)25-10-13-8-17(23)24-16-7-12(2)15(19)9-14(13)16/h7-9,11H,3-6,10H2,1-2H3. The Labute approximate surface area is 155 Å². The van der Waals surface area contributed by atoms with E-state index in [0.717, 1.165) is 34.6 Å². The van der Waals surface area contributed by atoms with E-state index in [1.165, 1.54) is 18.9 Å². The number of hydrogen-bond acceptors (Lipinski definition) is 5. The Bertz CT molecular complexity index is 936. The lowest BCUT2D eigenvalue weighted by molar-refractivity contribution is 0.559. The van der Waals surface area contributed by atoms with E-state index in [-0.39, 0.29) is 5.63 Å². The summed E-state index contributed by atoms with van der Waals surface area (Å²) < 4.78 is 7.37. The molecule has 0 aliphatic carbocycles. The van der Waals surface area contributed by atoms with Crippen LogP contribution in [0, 0.1) is 6.92 Å². The number of nitrogens with zero attached hydrogens (tertiary/aromatic N) is 3. The highest BCUT2D eigenvalue weighted by Crippen LogP contribution is 2.29. The van der Waals surface area contributed by atoms with Gasteiger partial charge in [0.1, 0.15) is 11.9 Å². The Morgan fingerprint density at radius 3 is 2.92 bits per heavy atom. The fourth-order valence-electron chi connectivity index (χ4n) is 2.65. The van der Waals surface area contributed by atoms with E-state index in [0.29, 0.717) is 16.4 Å². The molecule has 0 bridgehead atoms. The summed E-state index contributed by atoms with van der Waals surface area (Å²) in [7, 11) is 0. The van der Waals surface area contributed by atoms with E-state index >= 15 is 0 Å². The maximum absolute atomic E-state index is 11.9. The molecule has 0 amide bonds. The van der Waals surface area contributed by atoms with Crippen LogP contribution in [-0.4, -0.2) is 14.8 Å². The highest BCUT2D eigenvalue weighted by atomic mass is 35.5. The van der Waals surface area contributed by atoms with Crippen LogP contribution in [0.5, 0.6) is 0 Å². The molecule has 0 N–H and O–H groups in total. The third-order valence-corrected chi connectivity index (χ3v) is 5.49. The number of unbranched alkanes of at least 4 members (excludes halogenated alkanes) is 2. The van der Waals surface area contributed by atoms with Crippen molar-refractivity contribution in [2.75, 3.05) is 0 Å². The molecule has 0 atom stereocenters. The molecule has 0 radical (unpaired) electrons. The van der Waals surface area contributed by atoms with Gasteiger partial charge in [-0.05, 0) is 36.6 Å². The third kappa shape index (κ3) is 4.25. The summed E-state index contributed by atoms with van der Waals surface area (Å²) in [5.41, 5.74) is 1.99. The summed E-state index contributed by atoms with van der Waals surface area (Å²) in [5.74, 6) is 0.605. The summed E-state index contributed by atoms with van der Waals surface area (Å²) in [6.45, 7) is 4.98. The molecule has 3 aromatic rings. The molecule has 25 heavy (non-hydrogen) atoms. The van der Waals surface area contributed by atoms with Gasteiger partial charge in [-0.15, -0.1) is 10.2 Å². The highest BCUT2D eigenvalue weighted by molar-refractivity contribution is 7.98. The van der Waals surface area contributed by atoms with Gasteiger partial charge in [0.15, 0.2) is 5.16 Å². The molecule has 7 heteroatoms. The molecule has 0 unspecified atom stereocenters. The van der Waals surface area contributed by atoms with Crippen molar-refractivity contribution in [1.29, 1.82) is 0 Å². The summed E-state index contributed by atoms with van der Waals surface area (Å²) >= 11 is 7.81. The van der Waals surface area contributed by atoms with E-state index < -0.39 is 0 Å². The molecule has 5 nitrogen and oxygen atoms in total. The van der Waals surface area contributed by atoms with Gasteiger partial charge in [0.05, 0.1) is 0 Å². The SMILES string of the molecule is CCCCCn1cnnc1SCc1cc(=O)oc2cc(C)c(Cl)cc12. The van der Waals surface area contributed by atoms with Crippen LogP contribution in [0.1, 0.15) is 37.3 Å². The molecule has 0 spiro atoms. The van der Waals surface area contributed by atoms with Crippen molar-refractivity contribution >= 4 is 34.3 Å². The van der Waals surface area contributed by atoms with Crippen molar-refractivity contribution in [3.05, 3.63) is 51.1 Å². The molecule has 0 saturated carbocycles. The first-order valence-corrected chi connectivity index (χ1v) is 9.68. The molecule has 3 rings (SSSR count). The van der Waals surface area contributed by atoms with Gasteiger partial charge in [-0.1, -0.05) is 43.1 Å². The second kappa shape index (κ2) is 8.06. The molecule has 0 saturated heterocycles. The number of fused-ring (bicyclic) bond motifs is 1. The number of thioether (sulfide) groups is 1. The fraction of sp³-hybridized carbons (Fsp3) is 0.389. The van der Waals surface area contributed by atoms with Gasteiger partial charge in [-0.25, -0.2) is 4.79 Å². The average Bonchev–Trinajstić information content (AvgIpc) is 3.02. The topological polar surface area (TPSA) is 60.9 Å². The van der Waals surface area contributed by atoms with Crippen molar-refractivity contribution in [3.8, 4) is 0 Å². The van der Waals surface area contributed by atoms with Crippen molar-refractivity contribution in [3.63, 3.8) is 0 Å². The Balaban J connectivity index is 1.83. The van der Waals surface area contributed by atoms with Crippen LogP contribution in [0.4, 0.5) is 0 Å². The van der Waals surface area contributed by atoms with E-state index in [2.05, 4.69) is 21.7 Å². The first-order valence-electron chi connectivity index (χ1n) is 8.32. The van der Waals surface area contributed by atoms with Crippen molar-refractivity contribution in [2.45, 2.75) is 50.6 Å². The summed E-state index contributed by atoms with van der Waals surface area (Å²) in [6, 6.07) is 5.19. The molecular weight excluding hydrogens is 358 g/mol. The summed E-state index contributed by atoms with van der Waals surface area (Å²) in [6.07, 6.45) is 5.23. The number of aromatic nitrogens is 3. The molecular formula is C18H20ClN3O2S. The fourth-order valence-corrected chi connectivity index (χ4v) is 3.75. The Kier molecular flexibility index (Phi) is 5.81. The molecule has 2 aromatic heterocycles. The van der Waals surface area contributed by atoms with Crippen LogP contribution < -0.4 is 5.63 Å². The van der Waals surface area contributed by atoms with Gasteiger partial charge in [0, 0.05) is 28.8 Å². The minimum Gasteiger partial charge on any atom is -0.423 e. The number of halogens is 1. The van der Waals surface area contributed by atoms with Crippen LogP contribution in [0.25, 0.3) is 11.0 Å². The van der Waals surface area contributed by atoms with Gasteiger partial charge in [-0.3, -0.25) is 0 Å². The smallest absolute Gasteiger partial charge is 0.336 e. The Morgan fingerprint density at radius 2 is 2.12 bits per heavy atom.